The molecule has 3 aromatic heterocycles. The molecule has 10 nitrogen and oxygen atoms in total. The van der Waals surface area contributed by atoms with Crippen LogP contribution in [0.1, 0.15) is 11.4 Å². The van der Waals surface area contributed by atoms with Crippen LogP contribution in [0.15, 0.2) is 67.1 Å². The molecule has 5 rings (SSSR count). The van der Waals surface area contributed by atoms with Crippen LogP contribution in [-0.4, -0.2) is 59.4 Å². The van der Waals surface area contributed by atoms with Crippen LogP contribution in [0.25, 0.3) is 22.5 Å². The first-order valence-corrected chi connectivity index (χ1v) is 10.8. The van der Waals surface area contributed by atoms with Crippen molar-refractivity contribution >= 4 is 23.4 Å². The third kappa shape index (κ3) is 7.03. The van der Waals surface area contributed by atoms with E-state index in [4.69, 9.17) is 24.8 Å². The maximum Gasteiger partial charge on any atom is 0.490 e. The number of halogens is 6. The van der Waals surface area contributed by atoms with Crippen molar-refractivity contribution in [2.75, 3.05) is 5.32 Å². The molecule has 0 bridgehead atoms. The monoisotopic (exact) mass is 569 g/mol. The van der Waals surface area contributed by atoms with Crippen LogP contribution in [0, 0.1) is 0 Å². The van der Waals surface area contributed by atoms with Gasteiger partial charge in [0, 0.05) is 29.9 Å². The van der Waals surface area contributed by atoms with Crippen LogP contribution in [0.5, 0.6) is 0 Å². The Morgan fingerprint density at radius 3 is 2.02 bits per heavy atom. The summed E-state index contributed by atoms with van der Waals surface area (Å²) in [6.07, 6.45) is -4.47. The third-order valence-corrected chi connectivity index (χ3v) is 5.00. The lowest BCUT2D eigenvalue weighted by Crippen LogP contribution is -2.21. The summed E-state index contributed by atoms with van der Waals surface area (Å²) in [4.78, 5) is 31.2. The number of carbonyl (C=O) groups is 2. The van der Waals surface area contributed by atoms with Crippen molar-refractivity contribution in [3.05, 3.63) is 78.5 Å². The second-order valence-corrected chi connectivity index (χ2v) is 7.75. The number of aliphatic carboxylic acids is 2. The first-order chi connectivity index (χ1) is 18.7. The molecule has 210 valence electrons. The second-order valence-electron chi connectivity index (χ2n) is 7.75. The van der Waals surface area contributed by atoms with Crippen LogP contribution in [0.4, 0.5) is 37.8 Å². The fourth-order valence-corrected chi connectivity index (χ4v) is 3.31. The first-order valence-electron chi connectivity index (χ1n) is 10.8. The van der Waals surface area contributed by atoms with Crippen molar-refractivity contribution in [3.63, 3.8) is 0 Å². The number of aromatic nitrogens is 4. The minimum atomic E-state index is -5.08. The summed E-state index contributed by atoms with van der Waals surface area (Å²) in [5.41, 5.74) is 4.91. The number of imidazole rings is 1. The molecule has 0 unspecified atom stereocenters. The summed E-state index contributed by atoms with van der Waals surface area (Å²) in [5, 5.41) is 28.5. The smallest absolute Gasteiger partial charge is 0.475 e. The zero-order valence-electron chi connectivity index (χ0n) is 19.8. The highest BCUT2D eigenvalue weighted by atomic mass is 19.4. The van der Waals surface area contributed by atoms with Gasteiger partial charge in [-0.3, -0.25) is 4.98 Å². The van der Waals surface area contributed by atoms with Crippen molar-refractivity contribution in [3.8, 4) is 22.5 Å². The number of carboxylic acid groups (broad SMARTS) is 2. The van der Waals surface area contributed by atoms with Crippen LogP contribution in [0.3, 0.4) is 0 Å². The molecule has 16 heteroatoms. The Hall–Kier alpha value is -5.15. The number of alkyl halides is 6. The van der Waals surface area contributed by atoms with E-state index in [9.17, 15) is 31.5 Å². The number of rotatable bonds is 2. The summed E-state index contributed by atoms with van der Waals surface area (Å²) in [5.74, 6) is -4.23. The summed E-state index contributed by atoms with van der Waals surface area (Å²) in [6, 6.07) is 15.7. The Balaban J connectivity index is 0.000000263. The van der Waals surface area contributed by atoms with Gasteiger partial charge in [-0.15, -0.1) is 0 Å². The van der Waals surface area contributed by atoms with Crippen molar-refractivity contribution in [1.29, 1.82) is 0 Å². The lowest BCUT2D eigenvalue weighted by atomic mass is 10.1. The number of nitrogens with zero attached hydrogens (tertiary/aromatic N) is 4. The third-order valence-electron chi connectivity index (χ3n) is 5.00. The molecule has 1 aromatic carbocycles. The Bertz CT molecular complexity index is 1480. The van der Waals surface area contributed by atoms with E-state index in [1.54, 1.807) is 18.6 Å². The molecule has 4 N–H and O–H groups in total. The maximum absolute atomic E-state index is 10.9. The number of anilines is 2. The van der Waals surface area contributed by atoms with Crippen molar-refractivity contribution in [2.45, 2.75) is 18.8 Å². The SMILES string of the molecule is O=C(O)C(F)(F)F.O=C(O)C(F)(F)F.On1c(Cc2ccccc2)nc2c1-c1ccncc1Nc1ncccc1-2. The summed E-state index contributed by atoms with van der Waals surface area (Å²) in [6.45, 7) is 0. The standard InChI is InChI=1S/C20H15N5O.2C2HF3O2/c26-25-17(11-13-5-2-1-3-6-13)24-18-15-7-4-9-22-20(15)23-16-12-21-10-8-14(16)19(18)25;2*3-2(4,5)1(6)7/h1-10,12,26H,11H2,(H,22,23);2*(H,6,7). The second kappa shape index (κ2) is 11.7. The van der Waals surface area contributed by atoms with Gasteiger partial charge in [0.15, 0.2) is 0 Å². The van der Waals surface area contributed by atoms with Gasteiger partial charge in [-0.1, -0.05) is 30.3 Å². The molecule has 0 atom stereocenters. The normalized spacial score (nSPS) is 11.6. The van der Waals surface area contributed by atoms with E-state index in [0.29, 0.717) is 29.5 Å². The van der Waals surface area contributed by atoms with Gasteiger partial charge in [0.2, 0.25) is 0 Å². The fraction of sp³-hybridized carbons (Fsp3) is 0.125. The van der Waals surface area contributed by atoms with Crippen LogP contribution >= 0.6 is 0 Å². The number of benzene rings is 1. The topological polar surface area (TPSA) is 150 Å². The highest BCUT2D eigenvalue weighted by molar-refractivity contribution is 5.94. The molecule has 0 aliphatic carbocycles. The Labute approximate surface area is 220 Å². The van der Waals surface area contributed by atoms with Crippen LogP contribution in [0.2, 0.25) is 0 Å². The number of carboxylic acids is 2. The molecule has 4 aromatic rings. The Kier molecular flexibility index (Phi) is 8.61. The van der Waals surface area contributed by atoms with E-state index in [0.717, 1.165) is 22.4 Å². The van der Waals surface area contributed by atoms with Crippen LogP contribution in [-0.2, 0) is 16.0 Å². The molecule has 0 saturated heterocycles. The van der Waals surface area contributed by atoms with E-state index in [-0.39, 0.29) is 0 Å². The fourth-order valence-electron chi connectivity index (χ4n) is 3.31. The number of fused-ring (bicyclic) bond motifs is 5. The van der Waals surface area contributed by atoms with Crippen LogP contribution < -0.4 is 5.32 Å². The summed E-state index contributed by atoms with van der Waals surface area (Å²) in [7, 11) is 0. The molecular formula is C24H17F6N5O5. The minimum Gasteiger partial charge on any atom is -0.475 e. The number of nitrogens with one attached hydrogen (secondary N) is 1. The predicted octanol–water partition coefficient (Wildman–Crippen LogP) is 5.16. The van der Waals surface area contributed by atoms with Gasteiger partial charge in [0.1, 0.15) is 23.0 Å². The molecule has 40 heavy (non-hydrogen) atoms. The molecule has 4 heterocycles. The van der Waals surface area contributed by atoms with Gasteiger partial charge in [-0.25, -0.2) is 19.6 Å². The largest absolute Gasteiger partial charge is 0.490 e. The number of hydrogen-bond acceptors (Lipinski definition) is 7. The molecule has 0 spiro atoms. The van der Waals surface area contributed by atoms with E-state index in [1.165, 1.54) is 4.73 Å². The lowest BCUT2D eigenvalue weighted by molar-refractivity contribution is -0.193. The van der Waals surface area contributed by atoms with Gasteiger partial charge in [0.25, 0.3) is 0 Å². The molecule has 0 amide bonds. The molecule has 1 aliphatic rings. The van der Waals surface area contributed by atoms with E-state index in [2.05, 4.69) is 15.3 Å². The van der Waals surface area contributed by atoms with Gasteiger partial charge >= 0.3 is 24.3 Å². The predicted molar refractivity (Wildman–Crippen MR) is 126 cm³/mol. The average molecular weight is 569 g/mol. The van der Waals surface area contributed by atoms with E-state index < -0.39 is 24.3 Å². The Morgan fingerprint density at radius 2 is 1.45 bits per heavy atom. The van der Waals surface area contributed by atoms with Gasteiger partial charge in [-0.05, 0) is 23.8 Å². The summed E-state index contributed by atoms with van der Waals surface area (Å²) < 4.78 is 64.7. The lowest BCUT2D eigenvalue weighted by Gasteiger charge is -2.09. The first kappa shape index (κ1) is 29.4. The molecule has 0 saturated carbocycles. The molecule has 0 fully saturated rings. The van der Waals surface area contributed by atoms with Gasteiger partial charge in [0.05, 0.1) is 11.9 Å². The minimum absolute atomic E-state index is 0.535. The maximum atomic E-state index is 10.9. The van der Waals surface area contributed by atoms with Gasteiger partial charge in [-0.2, -0.15) is 31.1 Å². The van der Waals surface area contributed by atoms with E-state index in [1.807, 2.05) is 48.5 Å². The van der Waals surface area contributed by atoms with Crippen molar-refractivity contribution in [1.82, 2.24) is 19.7 Å². The molecule has 0 radical (unpaired) electrons. The quantitative estimate of drug-likeness (QED) is 0.167. The average Bonchev–Trinajstić information content (AvgIpc) is 3.12. The molecule has 1 aliphatic heterocycles. The summed E-state index contributed by atoms with van der Waals surface area (Å²) >= 11 is 0. The zero-order chi connectivity index (χ0) is 29.7. The molecular weight excluding hydrogens is 552 g/mol. The van der Waals surface area contributed by atoms with E-state index >= 15 is 0 Å². The highest BCUT2D eigenvalue weighted by Gasteiger charge is 2.39. The number of hydrogen-bond donors (Lipinski definition) is 4. The Morgan fingerprint density at radius 1 is 0.850 bits per heavy atom. The zero-order valence-corrected chi connectivity index (χ0v) is 19.8. The van der Waals surface area contributed by atoms with Gasteiger partial charge < -0.3 is 20.7 Å². The highest BCUT2D eigenvalue weighted by Crippen LogP contribution is 2.42. The van der Waals surface area contributed by atoms with Crippen molar-refractivity contribution < 1.29 is 51.4 Å². The van der Waals surface area contributed by atoms with Crippen molar-refractivity contribution in [2.24, 2.45) is 0 Å². The number of pyridine rings is 2.